The van der Waals surface area contributed by atoms with Gasteiger partial charge in [0.15, 0.2) is 11.5 Å². The number of amides is 1. The van der Waals surface area contributed by atoms with Crippen molar-refractivity contribution in [2.24, 2.45) is 5.92 Å². The SMILES string of the molecule is COc1cccc(CN2C(=O)C(O)=C(C(=O)C(C)C)C2c2ccncc2)c1. The number of pyridine rings is 1. The number of benzene rings is 1. The van der Waals surface area contributed by atoms with Crippen LogP contribution in [-0.2, 0) is 16.1 Å². The molecule has 6 heteroatoms. The Bertz CT molecular complexity index is 890. The first-order chi connectivity index (χ1) is 12.9. The molecule has 2 heterocycles. The molecule has 0 spiro atoms. The van der Waals surface area contributed by atoms with Crippen LogP contribution in [-0.4, -0.2) is 33.8 Å². The molecule has 0 bridgehead atoms. The van der Waals surface area contributed by atoms with Crippen LogP contribution in [0.4, 0.5) is 0 Å². The number of hydrogen-bond acceptors (Lipinski definition) is 5. The van der Waals surface area contributed by atoms with Crippen molar-refractivity contribution in [3.63, 3.8) is 0 Å². The molecule has 140 valence electrons. The maximum atomic E-state index is 12.8. The van der Waals surface area contributed by atoms with Crippen molar-refractivity contribution in [1.82, 2.24) is 9.88 Å². The van der Waals surface area contributed by atoms with Crippen LogP contribution in [0.15, 0.2) is 60.1 Å². The summed E-state index contributed by atoms with van der Waals surface area (Å²) in [6.45, 7) is 3.74. The Labute approximate surface area is 158 Å². The van der Waals surface area contributed by atoms with Crippen LogP contribution >= 0.6 is 0 Å². The second-order valence-corrected chi connectivity index (χ2v) is 6.75. The van der Waals surface area contributed by atoms with E-state index < -0.39 is 17.7 Å². The molecule has 1 aliphatic rings. The van der Waals surface area contributed by atoms with Crippen molar-refractivity contribution in [3.8, 4) is 5.75 Å². The van der Waals surface area contributed by atoms with Crippen LogP contribution in [0.1, 0.15) is 31.0 Å². The fourth-order valence-corrected chi connectivity index (χ4v) is 3.24. The second kappa shape index (κ2) is 7.61. The molecule has 0 fully saturated rings. The van der Waals surface area contributed by atoms with Gasteiger partial charge in [-0.05, 0) is 35.4 Å². The zero-order chi connectivity index (χ0) is 19.6. The van der Waals surface area contributed by atoms with Crippen LogP contribution in [0.3, 0.4) is 0 Å². The minimum Gasteiger partial charge on any atom is -0.503 e. The summed E-state index contributed by atoms with van der Waals surface area (Å²) in [7, 11) is 1.58. The van der Waals surface area contributed by atoms with Gasteiger partial charge in [0.2, 0.25) is 0 Å². The zero-order valence-electron chi connectivity index (χ0n) is 15.5. The Balaban J connectivity index is 2.04. The first kappa shape index (κ1) is 18.6. The summed E-state index contributed by atoms with van der Waals surface area (Å²) >= 11 is 0. The van der Waals surface area contributed by atoms with Gasteiger partial charge in [0.1, 0.15) is 5.75 Å². The van der Waals surface area contributed by atoms with E-state index in [0.717, 1.165) is 11.1 Å². The number of aromatic nitrogens is 1. The minimum absolute atomic E-state index is 0.143. The van der Waals surface area contributed by atoms with E-state index in [2.05, 4.69) is 4.98 Å². The van der Waals surface area contributed by atoms with Gasteiger partial charge in [0.25, 0.3) is 5.91 Å². The topological polar surface area (TPSA) is 79.7 Å². The normalized spacial score (nSPS) is 17.0. The summed E-state index contributed by atoms with van der Waals surface area (Å²) in [4.78, 5) is 31.1. The Morgan fingerprint density at radius 2 is 1.96 bits per heavy atom. The predicted octanol–water partition coefficient (Wildman–Crippen LogP) is 3.21. The molecule has 2 aromatic rings. The van der Waals surface area contributed by atoms with Gasteiger partial charge in [0, 0.05) is 24.9 Å². The number of rotatable bonds is 6. The van der Waals surface area contributed by atoms with Crippen molar-refractivity contribution >= 4 is 11.7 Å². The van der Waals surface area contributed by atoms with Crippen LogP contribution in [0, 0.1) is 5.92 Å². The first-order valence-electron chi connectivity index (χ1n) is 8.75. The summed E-state index contributed by atoms with van der Waals surface area (Å²) < 4.78 is 5.24. The Morgan fingerprint density at radius 1 is 1.26 bits per heavy atom. The van der Waals surface area contributed by atoms with E-state index in [9.17, 15) is 14.7 Å². The number of Topliss-reactive ketones (excluding diaryl/α,β-unsaturated/α-hetero) is 1. The molecule has 1 atom stereocenters. The molecule has 1 aromatic heterocycles. The van der Waals surface area contributed by atoms with Crippen LogP contribution in [0.25, 0.3) is 0 Å². The van der Waals surface area contributed by atoms with Gasteiger partial charge in [-0.3, -0.25) is 14.6 Å². The van der Waals surface area contributed by atoms with Crippen molar-refractivity contribution in [2.75, 3.05) is 7.11 Å². The van der Waals surface area contributed by atoms with Crippen molar-refractivity contribution in [1.29, 1.82) is 0 Å². The van der Waals surface area contributed by atoms with Crippen molar-refractivity contribution < 1.29 is 19.4 Å². The van der Waals surface area contributed by atoms with Crippen molar-refractivity contribution in [2.45, 2.75) is 26.4 Å². The maximum Gasteiger partial charge on any atom is 0.290 e. The first-order valence-corrected chi connectivity index (χ1v) is 8.75. The molecule has 0 aliphatic carbocycles. The molecule has 1 aromatic carbocycles. The van der Waals surface area contributed by atoms with E-state index >= 15 is 0 Å². The Morgan fingerprint density at radius 3 is 2.59 bits per heavy atom. The highest BCUT2D eigenvalue weighted by molar-refractivity contribution is 6.09. The summed E-state index contributed by atoms with van der Waals surface area (Å²) in [5.41, 5.74) is 1.71. The van der Waals surface area contributed by atoms with E-state index in [1.165, 1.54) is 4.90 Å². The lowest BCUT2D eigenvalue weighted by Gasteiger charge is -2.27. The second-order valence-electron chi connectivity index (χ2n) is 6.75. The number of aliphatic hydroxyl groups is 1. The molecule has 1 aliphatic heterocycles. The average Bonchev–Trinajstić information content (AvgIpc) is 2.93. The number of ether oxygens (including phenoxy) is 1. The highest BCUT2D eigenvalue weighted by Crippen LogP contribution is 2.39. The standard InChI is InChI=1S/C21H22N2O4/c1-13(2)19(24)17-18(15-7-9-22-10-8-15)23(21(26)20(17)25)12-14-5-4-6-16(11-14)27-3/h4-11,13,18,25H,12H2,1-3H3. The summed E-state index contributed by atoms with van der Waals surface area (Å²) in [6.07, 6.45) is 3.22. The van der Waals surface area contributed by atoms with Crippen LogP contribution in [0.5, 0.6) is 5.75 Å². The third-order valence-electron chi connectivity index (χ3n) is 4.60. The molecule has 27 heavy (non-hydrogen) atoms. The van der Waals surface area contributed by atoms with Gasteiger partial charge in [0.05, 0.1) is 18.7 Å². The van der Waals surface area contributed by atoms with Crippen LogP contribution < -0.4 is 4.74 Å². The lowest BCUT2D eigenvalue weighted by molar-refractivity contribution is -0.130. The van der Waals surface area contributed by atoms with E-state index in [4.69, 9.17) is 4.74 Å². The molecular formula is C21H22N2O4. The number of carbonyl (C=O) groups excluding carboxylic acids is 2. The molecule has 1 N–H and O–H groups in total. The highest BCUT2D eigenvalue weighted by Gasteiger charge is 2.43. The smallest absolute Gasteiger partial charge is 0.290 e. The van der Waals surface area contributed by atoms with Gasteiger partial charge >= 0.3 is 0 Å². The zero-order valence-corrected chi connectivity index (χ0v) is 15.5. The summed E-state index contributed by atoms with van der Waals surface area (Å²) in [6, 6.07) is 10.2. The largest absolute Gasteiger partial charge is 0.503 e. The monoisotopic (exact) mass is 366 g/mol. The number of carbonyl (C=O) groups is 2. The molecule has 0 saturated carbocycles. The average molecular weight is 366 g/mol. The number of hydrogen-bond donors (Lipinski definition) is 1. The van der Waals surface area contributed by atoms with E-state index in [1.807, 2.05) is 24.3 Å². The lowest BCUT2D eigenvalue weighted by atomic mass is 9.91. The lowest BCUT2D eigenvalue weighted by Crippen LogP contribution is -2.31. The fourth-order valence-electron chi connectivity index (χ4n) is 3.24. The molecule has 1 amide bonds. The molecule has 3 rings (SSSR count). The van der Waals surface area contributed by atoms with Gasteiger partial charge in [-0.25, -0.2) is 0 Å². The van der Waals surface area contributed by atoms with E-state index in [1.54, 1.807) is 45.5 Å². The third kappa shape index (κ3) is 3.56. The third-order valence-corrected chi connectivity index (χ3v) is 4.60. The Hall–Kier alpha value is -3.15. The summed E-state index contributed by atoms with van der Waals surface area (Å²) in [5.74, 6) is -0.927. The number of nitrogens with zero attached hydrogens (tertiary/aromatic N) is 2. The summed E-state index contributed by atoms with van der Waals surface area (Å²) in [5, 5.41) is 10.5. The molecule has 0 saturated heterocycles. The fraction of sp³-hybridized carbons (Fsp3) is 0.286. The molecule has 6 nitrogen and oxygen atoms in total. The number of ketones is 1. The molecular weight excluding hydrogens is 344 g/mol. The number of methoxy groups -OCH3 is 1. The quantitative estimate of drug-likeness (QED) is 0.849. The number of aliphatic hydroxyl groups excluding tert-OH is 1. The van der Waals surface area contributed by atoms with Crippen LogP contribution in [0.2, 0.25) is 0 Å². The van der Waals surface area contributed by atoms with Crippen molar-refractivity contribution in [3.05, 3.63) is 71.3 Å². The highest BCUT2D eigenvalue weighted by atomic mass is 16.5. The van der Waals surface area contributed by atoms with Gasteiger partial charge in [-0.2, -0.15) is 0 Å². The maximum absolute atomic E-state index is 12.8. The predicted molar refractivity (Wildman–Crippen MR) is 100 cm³/mol. The van der Waals surface area contributed by atoms with Gasteiger partial charge < -0.3 is 14.7 Å². The minimum atomic E-state index is -0.651. The Kier molecular flexibility index (Phi) is 5.26. The molecule has 1 unspecified atom stereocenters. The van der Waals surface area contributed by atoms with E-state index in [-0.39, 0.29) is 23.8 Å². The van der Waals surface area contributed by atoms with Gasteiger partial charge in [-0.1, -0.05) is 26.0 Å². The van der Waals surface area contributed by atoms with Gasteiger partial charge in [-0.15, -0.1) is 0 Å². The van der Waals surface area contributed by atoms with E-state index in [0.29, 0.717) is 5.75 Å². The molecule has 0 radical (unpaired) electrons.